The molecule has 7 heteroatoms. The first-order chi connectivity index (χ1) is 16.8. The molecule has 35 heavy (non-hydrogen) atoms. The summed E-state index contributed by atoms with van der Waals surface area (Å²) >= 11 is 0. The molecule has 0 aromatic heterocycles. The number of ether oxygens (including phenoxy) is 5. The summed E-state index contributed by atoms with van der Waals surface area (Å²) in [4.78, 5) is 12.5. The fourth-order valence-electron chi connectivity index (χ4n) is 5.68. The van der Waals surface area contributed by atoms with Gasteiger partial charge in [-0.15, -0.1) is 0 Å². The minimum atomic E-state index is -1.16. The van der Waals surface area contributed by atoms with Crippen molar-refractivity contribution >= 4 is 5.97 Å². The molecule has 1 N–H and O–H groups in total. The van der Waals surface area contributed by atoms with E-state index in [1.54, 1.807) is 6.92 Å². The Labute approximate surface area is 211 Å². The van der Waals surface area contributed by atoms with Crippen molar-refractivity contribution in [3.05, 3.63) is 12.2 Å². The maximum Gasteiger partial charge on any atom is 0.333 e. The molecule has 2 heterocycles. The van der Waals surface area contributed by atoms with E-state index in [2.05, 4.69) is 6.58 Å². The number of carbonyl (C=O) groups is 1. The third-order valence-electron chi connectivity index (χ3n) is 7.61. The first-order valence-electron chi connectivity index (χ1n) is 14.1. The van der Waals surface area contributed by atoms with Crippen LogP contribution in [0, 0.1) is 0 Å². The summed E-state index contributed by atoms with van der Waals surface area (Å²) in [6.45, 7) is 9.84. The number of hydrogen-bond acceptors (Lipinski definition) is 7. The zero-order chi connectivity index (χ0) is 25.4. The van der Waals surface area contributed by atoms with E-state index in [0.717, 1.165) is 51.4 Å². The Hall–Kier alpha value is -0.990. The molecule has 2 aliphatic heterocycles. The van der Waals surface area contributed by atoms with E-state index in [4.69, 9.17) is 23.7 Å². The van der Waals surface area contributed by atoms with Gasteiger partial charge in [0, 0.05) is 37.7 Å². The van der Waals surface area contributed by atoms with Crippen LogP contribution < -0.4 is 0 Å². The van der Waals surface area contributed by atoms with E-state index < -0.39 is 29.4 Å². The molecule has 2 saturated carbocycles. The fourth-order valence-corrected chi connectivity index (χ4v) is 5.68. The van der Waals surface area contributed by atoms with Crippen molar-refractivity contribution in [1.82, 2.24) is 0 Å². The highest BCUT2D eigenvalue weighted by atomic mass is 16.8. The van der Waals surface area contributed by atoms with Crippen molar-refractivity contribution in [3.8, 4) is 0 Å². The molecule has 4 rings (SSSR count). The van der Waals surface area contributed by atoms with Crippen LogP contribution in [0.1, 0.15) is 117 Å². The normalized spacial score (nSPS) is 32.9. The smallest absolute Gasteiger partial charge is 0.333 e. The van der Waals surface area contributed by atoms with Crippen LogP contribution in [0.25, 0.3) is 0 Å². The second-order valence-corrected chi connectivity index (χ2v) is 10.6. The average Bonchev–Trinajstić information content (AvgIpc) is 3.18. The van der Waals surface area contributed by atoms with E-state index in [1.165, 1.54) is 25.7 Å². The molecule has 7 nitrogen and oxygen atoms in total. The highest BCUT2D eigenvalue weighted by molar-refractivity contribution is 5.87. The van der Waals surface area contributed by atoms with Crippen molar-refractivity contribution in [2.24, 2.45) is 0 Å². The van der Waals surface area contributed by atoms with Crippen LogP contribution in [-0.2, 0) is 28.5 Å². The van der Waals surface area contributed by atoms with E-state index in [-0.39, 0.29) is 19.3 Å². The molecule has 0 bridgehead atoms. The predicted molar refractivity (Wildman–Crippen MR) is 134 cm³/mol. The van der Waals surface area contributed by atoms with E-state index in [0.29, 0.717) is 24.8 Å². The van der Waals surface area contributed by atoms with Gasteiger partial charge in [-0.2, -0.15) is 0 Å². The predicted octanol–water partition coefficient (Wildman–Crippen LogP) is 5.92. The van der Waals surface area contributed by atoms with Crippen molar-refractivity contribution < 1.29 is 33.6 Å². The second kappa shape index (κ2) is 13.0. The summed E-state index contributed by atoms with van der Waals surface area (Å²) in [6.07, 6.45) is 13.2. The Morgan fingerprint density at radius 1 is 0.886 bits per heavy atom. The summed E-state index contributed by atoms with van der Waals surface area (Å²) in [6, 6.07) is 0. The molecular weight excluding hydrogens is 448 g/mol. The van der Waals surface area contributed by atoms with Crippen molar-refractivity contribution in [1.29, 1.82) is 0 Å². The quantitative estimate of drug-likeness (QED) is 0.294. The molecule has 4 fully saturated rings. The van der Waals surface area contributed by atoms with Crippen molar-refractivity contribution in [2.75, 3.05) is 13.2 Å². The van der Waals surface area contributed by atoms with Gasteiger partial charge in [0.05, 0.1) is 12.7 Å². The first-order valence-corrected chi connectivity index (χ1v) is 14.1. The minimum absolute atomic E-state index is 0.220. The summed E-state index contributed by atoms with van der Waals surface area (Å²) in [5.74, 6) is -3.46. The Bertz CT molecular complexity index is 677. The number of hydrogen-bond donors (Lipinski definition) is 1. The van der Waals surface area contributed by atoms with Gasteiger partial charge in [0.2, 0.25) is 5.79 Å². The molecule has 2 aliphatic carbocycles. The summed E-state index contributed by atoms with van der Waals surface area (Å²) in [5.41, 5.74) is 0.325. The number of aliphatic hydroxyl groups is 1. The molecule has 2 spiro atoms. The molecule has 0 unspecified atom stereocenters. The SMILES string of the molecule is C=C(C)C(=O)O[C@H]1C[C@H](OC2(O)CCCCCCC2)CO[C@]12COC1(CCCCCCC1)O2.CC. The second-order valence-electron chi connectivity index (χ2n) is 10.6. The van der Waals surface area contributed by atoms with Crippen molar-refractivity contribution in [2.45, 2.75) is 147 Å². The van der Waals surface area contributed by atoms with Crippen LogP contribution in [-0.4, -0.2) is 53.9 Å². The molecular formula is C28H48O7. The summed E-state index contributed by atoms with van der Waals surface area (Å²) < 4.78 is 31.2. The Kier molecular flexibility index (Phi) is 10.6. The van der Waals surface area contributed by atoms with Gasteiger partial charge in [0.1, 0.15) is 6.61 Å². The lowest BCUT2D eigenvalue weighted by atomic mass is 9.94. The molecule has 202 valence electrons. The van der Waals surface area contributed by atoms with Gasteiger partial charge >= 0.3 is 5.97 Å². The molecule has 0 radical (unpaired) electrons. The Morgan fingerprint density at radius 3 is 2.00 bits per heavy atom. The summed E-state index contributed by atoms with van der Waals surface area (Å²) in [5, 5.41) is 11.1. The zero-order valence-corrected chi connectivity index (χ0v) is 22.3. The van der Waals surface area contributed by atoms with Crippen LogP contribution >= 0.6 is 0 Å². The number of esters is 1. The largest absolute Gasteiger partial charge is 0.453 e. The topological polar surface area (TPSA) is 83.5 Å². The fraction of sp³-hybridized carbons (Fsp3) is 0.893. The molecule has 0 amide bonds. The first kappa shape index (κ1) is 28.6. The van der Waals surface area contributed by atoms with Gasteiger partial charge in [-0.25, -0.2) is 4.79 Å². The molecule has 2 saturated heterocycles. The third-order valence-corrected chi connectivity index (χ3v) is 7.61. The highest BCUT2D eigenvalue weighted by Crippen LogP contribution is 2.46. The van der Waals surface area contributed by atoms with Gasteiger partial charge in [-0.05, 0) is 32.6 Å². The van der Waals surface area contributed by atoms with Crippen LogP contribution in [0.2, 0.25) is 0 Å². The van der Waals surface area contributed by atoms with Gasteiger partial charge < -0.3 is 28.8 Å². The van der Waals surface area contributed by atoms with Crippen LogP contribution in [0.15, 0.2) is 12.2 Å². The van der Waals surface area contributed by atoms with Gasteiger partial charge in [-0.1, -0.05) is 59.0 Å². The number of rotatable bonds is 4. The van der Waals surface area contributed by atoms with E-state index in [9.17, 15) is 9.90 Å². The van der Waals surface area contributed by atoms with Crippen LogP contribution in [0.4, 0.5) is 0 Å². The lowest BCUT2D eigenvalue weighted by molar-refractivity contribution is -0.346. The van der Waals surface area contributed by atoms with Crippen LogP contribution in [0.3, 0.4) is 0 Å². The minimum Gasteiger partial charge on any atom is -0.453 e. The third kappa shape index (κ3) is 7.51. The molecule has 0 aromatic carbocycles. The highest BCUT2D eigenvalue weighted by Gasteiger charge is 2.59. The maximum absolute atomic E-state index is 12.5. The maximum atomic E-state index is 12.5. The Balaban J connectivity index is 0.00000167. The lowest BCUT2D eigenvalue weighted by Crippen LogP contribution is -2.58. The van der Waals surface area contributed by atoms with E-state index in [1.807, 2.05) is 13.8 Å². The molecule has 0 aromatic rings. The van der Waals surface area contributed by atoms with Crippen LogP contribution in [0.5, 0.6) is 0 Å². The van der Waals surface area contributed by atoms with Gasteiger partial charge in [0.25, 0.3) is 0 Å². The van der Waals surface area contributed by atoms with E-state index >= 15 is 0 Å². The van der Waals surface area contributed by atoms with Gasteiger partial charge in [-0.3, -0.25) is 0 Å². The monoisotopic (exact) mass is 496 g/mol. The Morgan fingerprint density at radius 2 is 1.43 bits per heavy atom. The molecule has 4 aliphatic rings. The zero-order valence-electron chi connectivity index (χ0n) is 22.3. The lowest BCUT2D eigenvalue weighted by Gasteiger charge is -2.44. The average molecular weight is 497 g/mol. The summed E-state index contributed by atoms with van der Waals surface area (Å²) in [7, 11) is 0. The number of carbonyl (C=O) groups excluding carboxylic acids is 1. The van der Waals surface area contributed by atoms with Crippen molar-refractivity contribution in [3.63, 3.8) is 0 Å². The molecule has 3 atom stereocenters. The standard InChI is InChI=1S/C26H42O7.C2H6/c1-20(2)23(27)31-22-17-21(32-24(28)13-9-5-3-6-10-14-24)18-29-26(22)19-30-25(33-26)15-11-7-4-8-12-16-25;1-2/h21-22,28H,1,3-19H2,2H3;1-2H3/t21-,22-,26-;/m0./s1. The van der Waals surface area contributed by atoms with Gasteiger partial charge in [0.15, 0.2) is 17.7 Å².